The van der Waals surface area contributed by atoms with Gasteiger partial charge in [-0.2, -0.15) is 0 Å². The standard InChI is InChI=1S/C17H28N2O4S/c1-4-23-16-12-15(3)17(13-14(16)2)24(20,21)18-6-5-7-19-8-10-22-11-9-19/h12-13,18H,4-11H2,1-3H3. The molecule has 0 amide bonds. The molecule has 1 fully saturated rings. The zero-order valence-corrected chi connectivity index (χ0v) is 15.6. The van der Waals surface area contributed by atoms with Gasteiger partial charge in [-0.3, -0.25) is 4.90 Å². The molecular weight excluding hydrogens is 328 g/mol. The summed E-state index contributed by atoms with van der Waals surface area (Å²) in [5, 5.41) is 0. The maximum atomic E-state index is 12.5. The van der Waals surface area contributed by atoms with Crippen molar-refractivity contribution in [3.8, 4) is 5.75 Å². The minimum Gasteiger partial charge on any atom is -0.494 e. The highest BCUT2D eigenvalue weighted by Gasteiger charge is 2.18. The van der Waals surface area contributed by atoms with Crippen molar-refractivity contribution in [2.45, 2.75) is 32.1 Å². The van der Waals surface area contributed by atoms with Crippen LogP contribution in [0.4, 0.5) is 0 Å². The van der Waals surface area contributed by atoms with Gasteiger partial charge in [0.15, 0.2) is 0 Å². The minimum absolute atomic E-state index is 0.329. The van der Waals surface area contributed by atoms with E-state index >= 15 is 0 Å². The van der Waals surface area contributed by atoms with Gasteiger partial charge in [0.05, 0.1) is 24.7 Å². The van der Waals surface area contributed by atoms with Gasteiger partial charge >= 0.3 is 0 Å². The van der Waals surface area contributed by atoms with E-state index in [0.29, 0.717) is 23.6 Å². The number of aryl methyl sites for hydroxylation is 2. The highest BCUT2D eigenvalue weighted by Crippen LogP contribution is 2.25. The predicted molar refractivity (Wildman–Crippen MR) is 94.1 cm³/mol. The van der Waals surface area contributed by atoms with Crippen LogP contribution in [0.5, 0.6) is 5.75 Å². The lowest BCUT2D eigenvalue weighted by Crippen LogP contribution is -2.38. The number of ether oxygens (including phenoxy) is 2. The van der Waals surface area contributed by atoms with E-state index in [1.165, 1.54) is 0 Å². The van der Waals surface area contributed by atoms with E-state index in [1.54, 1.807) is 19.1 Å². The fraction of sp³-hybridized carbons (Fsp3) is 0.647. The molecule has 2 rings (SSSR count). The molecule has 1 aromatic rings. The van der Waals surface area contributed by atoms with Crippen molar-refractivity contribution in [3.63, 3.8) is 0 Å². The lowest BCUT2D eigenvalue weighted by Gasteiger charge is -2.26. The summed E-state index contributed by atoms with van der Waals surface area (Å²) in [6, 6.07) is 3.48. The number of nitrogens with zero attached hydrogens (tertiary/aromatic N) is 1. The number of morpholine rings is 1. The Morgan fingerprint density at radius 3 is 2.58 bits per heavy atom. The maximum absolute atomic E-state index is 12.5. The van der Waals surface area contributed by atoms with Crippen molar-refractivity contribution in [2.24, 2.45) is 0 Å². The van der Waals surface area contributed by atoms with E-state index in [-0.39, 0.29) is 0 Å². The fourth-order valence-corrected chi connectivity index (χ4v) is 4.16. The second-order valence-corrected chi connectivity index (χ2v) is 7.76. The molecule has 0 spiro atoms. The van der Waals surface area contributed by atoms with Crippen LogP contribution in [-0.4, -0.2) is 59.3 Å². The average molecular weight is 356 g/mol. The molecule has 0 saturated carbocycles. The molecule has 0 aliphatic carbocycles. The molecule has 0 atom stereocenters. The predicted octanol–water partition coefficient (Wildman–Crippen LogP) is 1.70. The van der Waals surface area contributed by atoms with E-state index < -0.39 is 10.0 Å². The highest BCUT2D eigenvalue weighted by atomic mass is 32.2. The summed E-state index contributed by atoms with van der Waals surface area (Å²) in [7, 11) is -3.50. The first-order chi connectivity index (χ1) is 11.4. The van der Waals surface area contributed by atoms with E-state index in [9.17, 15) is 8.42 Å². The smallest absolute Gasteiger partial charge is 0.240 e. The number of hydrogen-bond acceptors (Lipinski definition) is 5. The van der Waals surface area contributed by atoms with Crippen molar-refractivity contribution in [2.75, 3.05) is 46.0 Å². The molecule has 0 aromatic heterocycles. The molecule has 1 N–H and O–H groups in total. The second kappa shape index (κ2) is 8.80. The Hall–Kier alpha value is -1.15. The van der Waals surface area contributed by atoms with Crippen LogP contribution >= 0.6 is 0 Å². The molecule has 0 unspecified atom stereocenters. The lowest BCUT2D eigenvalue weighted by atomic mass is 10.1. The molecule has 1 aromatic carbocycles. The van der Waals surface area contributed by atoms with Gasteiger partial charge in [-0.25, -0.2) is 13.1 Å². The van der Waals surface area contributed by atoms with E-state index in [2.05, 4.69) is 9.62 Å². The van der Waals surface area contributed by atoms with Crippen LogP contribution in [0.15, 0.2) is 17.0 Å². The van der Waals surface area contributed by atoms with Crippen molar-refractivity contribution in [3.05, 3.63) is 23.3 Å². The number of hydrogen-bond donors (Lipinski definition) is 1. The molecule has 1 aliphatic rings. The van der Waals surface area contributed by atoms with Gasteiger partial charge in [0, 0.05) is 19.6 Å². The van der Waals surface area contributed by atoms with Gasteiger partial charge < -0.3 is 9.47 Å². The number of benzene rings is 1. The van der Waals surface area contributed by atoms with Crippen LogP contribution in [0.1, 0.15) is 24.5 Å². The first kappa shape index (κ1) is 19.2. The molecule has 1 aliphatic heterocycles. The summed E-state index contributed by atoms with van der Waals surface area (Å²) < 4.78 is 38.6. The average Bonchev–Trinajstić information content (AvgIpc) is 2.56. The monoisotopic (exact) mass is 356 g/mol. The Balaban J connectivity index is 1.93. The molecule has 1 saturated heterocycles. The van der Waals surface area contributed by atoms with Crippen LogP contribution in [0, 0.1) is 13.8 Å². The van der Waals surface area contributed by atoms with Crippen molar-refractivity contribution < 1.29 is 17.9 Å². The Morgan fingerprint density at radius 1 is 1.21 bits per heavy atom. The van der Waals surface area contributed by atoms with Gasteiger partial charge in [0.1, 0.15) is 5.75 Å². The maximum Gasteiger partial charge on any atom is 0.240 e. The first-order valence-corrected chi connectivity index (χ1v) is 9.96. The third kappa shape index (κ3) is 5.17. The van der Waals surface area contributed by atoms with Crippen LogP contribution < -0.4 is 9.46 Å². The Kier molecular flexibility index (Phi) is 7.03. The molecule has 0 radical (unpaired) electrons. The largest absolute Gasteiger partial charge is 0.494 e. The quantitative estimate of drug-likeness (QED) is 0.718. The molecule has 1 heterocycles. The summed E-state index contributed by atoms with van der Waals surface area (Å²) in [5.41, 5.74) is 1.53. The summed E-state index contributed by atoms with van der Waals surface area (Å²) >= 11 is 0. The summed E-state index contributed by atoms with van der Waals surface area (Å²) in [6.07, 6.45) is 0.786. The molecule has 136 valence electrons. The number of rotatable bonds is 8. The topological polar surface area (TPSA) is 67.9 Å². The van der Waals surface area contributed by atoms with E-state index in [1.807, 2.05) is 13.8 Å². The molecule has 24 heavy (non-hydrogen) atoms. The lowest BCUT2D eigenvalue weighted by molar-refractivity contribution is 0.0376. The van der Waals surface area contributed by atoms with Crippen LogP contribution in [-0.2, 0) is 14.8 Å². The Bertz CT molecular complexity index is 640. The SMILES string of the molecule is CCOc1cc(C)c(S(=O)(=O)NCCCN2CCOCC2)cc1C. The zero-order valence-electron chi connectivity index (χ0n) is 14.8. The van der Waals surface area contributed by atoms with Crippen LogP contribution in [0.3, 0.4) is 0 Å². The van der Waals surface area contributed by atoms with Gasteiger partial charge in [-0.05, 0) is 57.0 Å². The first-order valence-electron chi connectivity index (χ1n) is 8.48. The Morgan fingerprint density at radius 2 is 1.92 bits per heavy atom. The second-order valence-electron chi connectivity index (χ2n) is 6.02. The van der Waals surface area contributed by atoms with Crippen LogP contribution in [0.25, 0.3) is 0 Å². The fourth-order valence-electron chi connectivity index (χ4n) is 2.78. The zero-order chi connectivity index (χ0) is 17.6. The van der Waals surface area contributed by atoms with Gasteiger partial charge in [-0.1, -0.05) is 0 Å². The molecular formula is C17H28N2O4S. The third-order valence-electron chi connectivity index (χ3n) is 4.11. The third-order valence-corrected chi connectivity index (χ3v) is 5.71. The molecule has 7 heteroatoms. The summed E-state index contributed by atoms with van der Waals surface area (Å²) in [5.74, 6) is 0.737. The summed E-state index contributed by atoms with van der Waals surface area (Å²) in [6.45, 7) is 10.8. The highest BCUT2D eigenvalue weighted by molar-refractivity contribution is 7.89. The van der Waals surface area contributed by atoms with Gasteiger partial charge in [0.2, 0.25) is 10.0 Å². The van der Waals surface area contributed by atoms with Gasteiger partial charge in [-0.15, -0.1) is 0 Å². The Labute approximate surface area is 145 Å². The van der Waals surface area contributed by atoms with Crippen LogP contribution in [0.2, 0.25) is 0 Å². The molecule has 0 bridgehead atoms. The van der Waals surface area contributed by atoms with E-state index in [0.717, 1.165) is 50.6 Å². The van der Waals surface area contributed by atoms with Crippen molar-refractivity contribution >= 4 is 10.0 Å². The minimum atomic E-state index is -3.50. The van der Waals surface area contributed by atoms with E-state index in [4.69, 9.17) is 9.47 Å². The number of nitrogens with one attached hydrogen (secondary N) is 1. The summed E-state index contributed by atoms with van der Waals surface area (Å²) in [4.78, 5) is 2.62. The normalized spacial score (nSPS) is 16.3. The van der Waals surface area contributed by atoms with Crippen molar-refractivity contribution in [1.29, 1.82) is 0 Å². The number of sulfonamides is 1. The van der Waals surface area contributed by atoms with Crippen molar-refractivity contribution in [1.82, 2.24) is 9.62 Å². The molecule has 6 nitrogen and oxygen atoms in total. The van der Waals surface area contributed by atoms with Gasteiger partial charge in [0.25, 0.3) is 0 Å².